The Morgan fingerprint density at radius 2 is 1.71 bits per heavy atom. The first-order valence-corrected chi connectivity index (χ1v) is 8.83. The Kier molecular flexibility index (Phi) is 6.45. The molecule has 0 aliphatic heterocycles. The van der Waals surface area contributed by atoms with E-state index >= 15 is 0 Å². The number of carboxylic acids is 1. The van der Waals surface area contributed by atoms with Crippen LogP contribution in [0, 0.1) is 13.8 Å². The zero-order valence-electron chi connectivity index (χ0n) is 16.6. The van der Waals surface area contributed by atoms with Crippen molar-refractivity contribution in [3.8, 4) is 11.4 Å². The summed E-state index contributed by atoms with van der Waals surface area (Å²) in [6.07, 6.45) is 0. The molecule has 3 N–H and O–H groups in total. The fraction of sp³-hybridized carbons (Fsp3) is 0.350. The minimum Gasteiger partial charge on any atom is -0.495 e. The molecule has 8 nitrogen and oxygen atoms in total. The van der Waals surface area contributed by atoms with Crippen molar-refractivity contribution in [1.29, 1.82) is 0 Å². The number of methoxy groups -OCH3 is 1. The van der Waals surface area contributed by atoms with E-state index in [1.54, 1.807) is 13.2 Å². The largest absolute Gasteiger partial charge is 0.495 e. The van der Waals surface area contributed by atoms with E-state index < -0.39 is 29.9 Å². The number of ether oxygens (including phenoxy) is 1. The van der Waals surface area contributed by atoms with Gasteiger partial charge in [-0.15, -0.1) is 0 Å². The maximum atomic E-state index is 12.7. The smallest absolute Gasteiger partial charge is 0.325 e. The first kappa shape index (κ1) is 21.0. The van der Waals surface area contributed by atoms with E-state index in [1.165, 1.54) is 13.8 Å². The Morgan fingerprint density at radius 1 is 1.07 bits per heavy atom. The third kappa shape index (κ3) is 4.33. The van der Waals surface area contributed by atoms with Gasteiger partial charge in [0.05, 0.1) is 18.4 Å². The summed E-state index contributed by atoms with van der Waals surface area (Å²) in [5.41, 5.74) is 2.77. The fourth-order valence-corrected chi connectivity index (χ4v) is 2.92. The number of carbonyl (C=O) groups is 3. The van der Waals surface area contributed by atoms with Crippen LogP contribution >= 0.6 is 0 Å². The summed E-state index contributed by atoms with van der Waals surface area (Å²) in [6, 6.07) is 7.29. The lowest BCUT2D eigenvalue weighted by Crippen LogP contribution is -2.49. The highest BCUT2D eigenvalue weighted by molar-refractivity contribution is 5.99. The summed E-state index contributed by atoms with van der Waals surface area (Å²) >= 11 is 0. The van der Waals surface area contributed by atoms with Crippen LogP contribution in [-0.2, 0) is 9.59 Å². The maximum Gasteiger partial charge on any atom is 0.325 e. The van der Waals surface area contributed by atoms with Crippen molar-refractivity contribution in [1.82, 2.24) is 15.2 Å². The van der Waals surface area contributed by atoms with E-state index in [-0.39, 0.29) is 0 Å². The molecule has 0 spiro atoms. The summed E-state index contributed by atoms with van der Waals surface area (Å²) in [5.74, 6) is -1.46. The monoisotopic (exact) mass is 387 g/mol. The van der Waals surface area contributed by atoms with Crippen molar-refractivity contribution in [3.05, 3.63) is 47.3 Å². The molecule has 2 amide bonds. The van der Waals surface area contributed by atoms with Crippen LogP contribution in [0.15, 0.2) is 30.3 Å². The second kappa shape index (κ2) is 8.60. The Labute approximate surface area is 163 Å². The van der Waals surface area contributed by atoms with Gasteiger partial charge in [0.2, 0.25) is 5.91 Å². The number of para-hydroxylation sites is 2. The Balaban J connectivity index is 2.24. The number of nitrogens with zero attached hydrogens (tertiary/aromatic N) is 1. The van der Waals surface area contributed by atoms with Gasteiger partial charge in [-0.2, -0.15) is 0 Å². The van der Waals surface area contributed by atoms with Crippen LogP contribution in [0.2, 0.25) is 0 Å². The number of aromatic nitrogens is 1. The number of hydrogen-bond acceptors (Lipinski definition) is 4. The van der Waals surface area contributed by atoms with Gasteiger partial charge in [0, 0.05) is 11.4 Å². The maximum absolute atomic E-state index is 12.7. The molecule has 0 radical (unpaired) electrons. The van der Waals surface area contributed by atoms with Gasteiger partial charge in [0.15, 0.2) is 0 Å². The topological polar surface area (TPSA) is 110 Å². The van der Waals surface area contributed by atoms with Gasteiger partial charge in [-0.3, -0.25) is 14.4 Å². The number of aryl methyl sites for hydroxylation is 1. The Hall–Kier alpha value is -3.29. The zero-order chi connectivity index (χ0) is 21.0. The normalized spacial score (nSPS) is 12.8. The molecule has 150 valence electrons. The number of nitrogens with one attached hydrogen (secondary N) is 2. The van der Waals surface area contributed by atoms with Crippen molar-refractivity contribution in [2.75, 3.05) is 7.11 Å². The van der Waals surface area contributed by atoms with Gasteiger partial charge in [0.25, 0.3) is 5.91 Å². The summed E-state index contributed by atoms with van der Waals surface area (Å²) < 4.78 is 7.32. The molecular formula is C20H25N3O5. The molecule has 0 saturated heterocycles. The van der Waals surface area contributed by atoms with Gasteiger partial charge < -0.3 is 25.0 Å². The van der Waals surface area contributed by atoms with Crippen molar-refractivity contribution in [2.24, 2.45) is 0 Å². The van der Waals surface area contributed by atoms with Gasteiger partial charge in [0.1, 0.15) is 17.8 Å². The predicted molar refractivity (Wildman–Crippen MR) is 104 cm³/mol. The van der Waals surface area contributed by atoms with E-state index in [0.29, 0.717) is 17.0 Å². The lowest BCUT2D eigenvalue weighted by atomic mass is 10.2. The third-order valence-corrected chi connectivity index (χ3v) is 4.47. The summed E-state index contributed by atoms with van der Waals surface area (Å²) in [7, 11) is 1.58. The van der Waals surface area contributed by atoms with Gasteiger partial charge in [-0.25, -0.2) is 0 Å². The molecule has 2 atom stereocenters. The van der Waals surface area contributed by atoms with Crippen LogP contribution in [0.25, 0.3) is 5.69 Å². The van der Waals surface area contributed by atoms with Crippen molar-refractivity contribution >= 4 is 17.8 Å². The molecule has 0 bridgehead atoms. The molecule has 1 aromatic heterocycles. The molecule has 0 fully saturated rings. The molecule has 0 aliphatic rings. The summed E-state index contributed by atoms with van der Waals surface area (Å²) in [5, 5.41) is 13.8. The quantitative estimate of drug-likeness (QED) is 0.671. The first-order valence-electron chi connectivity index (χ1n) is 8.83. The van der Waals surface area contributed by atoms with Gasteiger partial charge >= 0.3 is 5.97 Å². The van der Waals surface area contributed by atoms with E-state index in [2.05, 4.69) is 10.6 Å². The van der Waals surface area contributed by atoms with E-state index in [0.717, 1.165) is 11.4 Å². The summed E-state index contributed by atoms with van der Waals surface area (Å²) in [6.45, 7) is 6.54. The number of rotatable bonds is 7. The minimum atomic E-state index is -1.15. The van der Waals surface area contributed by atoms with Crippen LogP contribution in [0.3, 0.4) is 0 Å². The molecule has 1 heterocycles. The number of hydrogen-bond donors (Lipinski definition) is 3. The van der Waals surface area contributed by atoms with Crippen LogP contribution in [0.4, 0.5) is 0 Å². The van der Waals surface area contributed by atoms with Crippen LogP contribution in [0.5, 0.6) is 5.75 Å². The van der Waals surface area contributed by atoms with E-state index in [1.807, 2.05) is 42.7 Å². The second-order valence-electron chi connectivity index (χ2n) is 6.56. The Bertz CT molecular complexity index is 903. The van der Waals surface area contributed by atoms with Crippen LogP contribution in [0.1, 0.15) is 35.6 Å². The average Bonchev–Trinajstić information content (AvgIpc) is 2.95. The van der Waals surface area contributed by atoms with Crippen molar-refractivity contribution in [3.63, 3.8) is 0 Å². The van der Waals surface area contributed by atoms with Crippen LogP contribution in [-0.4, -0.2) is 46.7 Å². The third-order valence-electron chi connectivity index (χ3n) is 4.47. The predicted octanol–water partition coefficient (Wildman–Crippen LogP) is 1.81. The molecule has 0 aliphatic carbocycles. The molecular weight excluding hydrogens is 362 g/mol. The molecule has 0 saturated carbocycles. The number of amides is 2. The standard InChI is InChI=1S/C20H25N3O5/c1-11-10-15(14(4)23(11)16-8-6-7-9-17(16)28-5)19(25)21-12(2)18(24)22-13(3)20(26)27/h6-10,12-13H,1-5H3,(H,21,25)(H,22,24)(H,26,27). The van der Waals surface area contributed by atoms with Gasteiger partial charge in [-0.05, 0) is 45.9 Å². The summed E-state index contributed by atoms with van der Waals surface area (Å²) in [4.78, 5) is 35.6. The highest BCUT2D eigenvalue weighted by Gasteiger charge is 2.23. The number of carbonyl (C=O) groups excluding carboxylic acids is 2. The van der Waals surface area contributed by atoms with E-state index in [4.69, 9.17) is 9.84 Å². The van der Waals surface area contributed by atoms with Gasteiger partial charge in [-0.1, -0.05) is 12.1 Å². The zero-order valence-corrected chi connectivity index (χ0v) is 16.6. The number of carboxylic acid groups (broad SMARTS) is 1. The second-order valence-corrected chi connectivity index (χ2v) is 6.56. The highest BCUT2D eigenvalue weighted by Crippen LogP contribution is 2.27. The molecule has 2 aromatic rings. The van der Waals surface area contributed by atoms with Crippen molar-refractivity contribution < 1.29 is 24.2 Å². The Morgan fingerprint density at radius 3 is 2.32 bits per heavy atom. The molecule has 2 rings (SSSR count). The SMILES string of the molecule is COc1ccccc1-n1c(C)cc(C(=O)NC(C)C(=O)NC(C)C(=O)O)c1C. The molecule has 28 heavy (non-hydrogen) atoms. The molecule has 8 heteroatoms. The molecule has 2 unspecified atom stereocenters. The first-order chi connectivity index (χ1) is 13.2. The van der Waals surface area contributed by atoms with Crippen LogP contribution < -0.4 is 15.4 Å². The van der Waals surface area contributed by atoms with Crippen molar-refractivity contribution in [2.45, 2.75) is 39.8 Å². The highest BCUT2D eigenvalue weighted by atomic mass is 16.5. The molecule has 1 aromatic carbocycles. The number of aliphatic carboxylic acids is 1. The lowest BCUT2D eigenvalue weighted by molar-refractivity contribution is -0.141. The van der Waals surface area contributed by atoms with E-state index in [9.17, 15) is 14.4 Å². The minimum absolute atomic E-state index is 0.417. The fourth-order valence-electron chi connectivity index (χ4n) is 2.92. The lowest BCUT2D eigenvalue weighted by Gasteiger charge is -2.16. The number of benzene rings is 1. The average molecular weight is 387 g/mol.